The Labute approximate surface area is 176 Å². The number of carbonyl (C=O) groups excluding carboxylic acids is 1. The molecule has 8 heteroatoms. The fourth-order valence-corrected chi connectivity index (χ4v) is 2.73. The molecule has 4 N–H and O–H groups in total. The minimum absolute atomic E-state index is 0.440. The van der Waals surface area contributed by atoms with Gasteiger partial charge in [-0.2, -0.15) is 0 Å². The molecule has 1 atom stereocenters. The number of carbonyl (C=O) groups is 1. The molecule has 0 saturated carbocycles. The second-order valence-corrected chi connectivity index (χ2v) is 6.26. The second kappa shape index (κ2) is 11.1. The zero-order chi connectivity index (χ0) is 22.1. The highest BCUT2D eigenvalue weighted by molar-refractivity contribution is 5.96. The molecule has 0 bridgehead atoms. The Kier molecular flexibility index (Phi) is 8.52. The van der Waals surface area contributed by atoms with Gasteiger partial charge >= 0.3 is 0 Å². The topological polar surface area (TPSA) is 112 Å². The summed E-state index contributed by atoms with van der Waals surface area (Å²) in [6, 6.07) is 8.03. The van der Waals surface area contributed by atoms with Gasteiger partial charge in [-0.3, -0.25) is 4.79 Å². The number of nitrogens with two attached hydrogens (primary N) is 1. The van der Waals surface area contributed by atoms with Gasteiger partial charge in [-0.05, 0) is 42.3 Å². The number of ether oxygens (including phenoxy) is 4. The van der Waals surface area contributed by atoms with Crippen LogP contribution in [-0.2, 0) is 4.79 Å². The van der Waals surface area contributed by atoms with Gasteiger partial charge < -0.3 is 35.1 Å². The Hall–Kier alpha value is -3.23. The molecule has 30 heavy (non-hydrogen) atoms. The number of rotatable bonds is 10. The lowest BCUT2D eigenvalue weighted by molar-refractivity contribution is -0.118. The van der Waals surface area contributed by atoms with E-state index in [4.69, 9.17) is 29.8 Å². The van der Waals surface area contributed by atoms with Gasteiger partial charge in [0.25, 0.3) is 0 Å². The molecule has 2 rings (SSSR count). The van der Waals surface area contributed by atoms with Crippen molar-refractivity contribution in [1.82, 2.24) is 0 Å². The van der Waals surface area contributed by atoms with Gasteiger partial charge in [0.2, 0.25) is 11.7 Å². The number of methoxy groups -OCH3 is 3. The molecule has 0 heterocycles. The third kappa shape index (κ3) is 5.65. The molecule has 2 aromatic carbocycles. The average Bonchev–Trinajstić information content (AvgIpc) is 2.77. The summed E-state index contributed by atoms with van der Waals surface area (Å²) < 4.78 is 21.7. The van der Waals surface area contributed by atoms with Gasteiger partial charge in [0, 0.05) is 0 Å². The van der Waals surface area contributed by atoms with Crippen molar-refractivity contribution in [3.63, 3.8) is 0 Å². The second-order valence-electron chi connectivity index (χ2n) is 6.26. The first-order chi connectivity index (χ1) is 14.5. The van der Waals surface area contributed by atoms with E-state index in [0.717, 1.165) is 11.1 Å². The number of nitrogens with one attached hydrogen (secondary N) is 1. The van der Waals surface area contributed by atoms with Crippen molar-refractivity contribution in [2.75, 3.05) is 39.9 Å². The lowest BCUT2D eigenvalue weighted by Gasteiger charge is -2.14. The third-order valence-electron chi connectivity index (χ3n) is 4.25. The zero-order valence-corrected chi connectivity index (χ0v) is 17.6. The SMILES string of the molecule is CCOc1ccc(C=Cc2cc(OC)c(OC)c(OC)c2)cc1NC(=O)C(N)CO. The molecule has 162 valence electrons. The predicted octanol–water partition coefficient (Wildman–Crippen LogP) is 2.54. The van der Waals surface area contributed by atoms with E-state index in [1.54, 1.807) is 33.5 Å². The van der Waals surface area contributed by atoms with Crippen LogP contribution in [0.2, 0.25) is 0 Å². The van der Waals surface area contributed by atoms with Gasteiger partial charge in [-0.15, -0.1) is 0 Å². The Morgan fingerprint density at radius 3 is 2.20 bits per heavy atom. The standard InChI is InChI=1S/C22H28N2O6/c1-5-30-18-9-8-14(10-17(18)24-22(26)16(23)13-25)6-7-15-11-19(27-2)21(29-4)20(12-15)28-3/h6-12,16,25H,5,13,23H2,1-4H3,(H,24,26). The van der Waals surface area contributed by atoms with Crippen molar-refractivity contribution in [1.29, 1.82) is 0 Å². The highest BCUT2D eigenvalue weighted by Crippen LogP contribution is 2.38. The van der Waals surface area contributed by atoms with E-state index in [1.807, 2.05) is 37.3 Å². The van der Waals surface area contributed by atoms with Crippen LogP contribution < -0.4 is 30.0 Å². The highest BCUT2D eigenvalue weighted by atomic mass is 16.5. The molecule has 0 aliphatic carbocycles. The van der Waals surface area contributed by atoms with Gasteiger partial charge in [0.05, 0.1) is 40.2 Å². The van der Waals surface area contributed by atoms with Crippen LogP contribution in [0, 0.1) is 0 Å². The van der Waals surface area contributed by atoms with E-state index < -0.39 is 18.6 Å². The van der Waals surface area contributed by atoms with E-state index in [-0.39, 0.29) is 0 Å². The maximum atomic E-state index is 12.1. The number of hydrogen-bond donors (Lipinski definition) is 3. The number of aliphatic hydroxyl groups is 1. The van der Waals surface area contributed by atoms with Gasteiger partial charge in [-0.25, -0.2) is 0 Å². The molecule has 0 fully saturated rings. The first-order valence-electron chi connectivity index (χ1n) is 9.39. The van der Waals surface area contributed by atoms with Gasteiger partial charge in [0.15, 0.2) is 11.5 Å². The first-order valence-corrected chi connectivity index (χ1v) is 9.39. The summed E-state index contributed by atoms with van der Waals surface area (Å²) in [7, 11) is 4.67. The quantitative estimate of drug-likeness (QED) is 0.510. The Balaban J connectivity index is 2.35. The van der Waals surface area contributed by atoms with Gasteiger partial charge in [0.1, 0.15) is 11.8 Å². The summed E-state index contributed by atoms with van der Waals surface area (Å²) in [5.74, 6) is 1.64. The summed E-state index contributed by atoms with van der Waals surface area (Å²) in [5, 5.41) is 11.8. The Morgan fingerprint density at radius 2 is 1.67 bits per heavy atom. The van der Waals surface area contributed by atoms with Crippen LogP contribution in [0.4, 0.5) is 5.69 Å². The fourth-order valence-electron chi connectivity index (χ4n) is 2.73. The molecule has 1 amide bonds. The molecule has 1 unspecified atom stereocenters. The molecular formula is C22H28N2O6. The van der Waals surface area contributed by atoms with E-state index in [9.17, 15) is 4.79 Å². The molecule has 0 aliphatic rings. The van der Waals surface area contributed by atoms with Crippen LogP contribution in [-0.4, -0.2) is 51.6 Å². The molecule has 2 aromatic rings. The fraction of sp³-hybridized carbons (Fsp3) is 0.318. The smallest absolute Gasteiger partial charge is 0.243 e. The number of amides is 1. The minimum atomic E-state index is -1.02. The summed E-state index contributed by atoms with van der Waals surface area (Å²) in [4.78, 5) is 12.1. The predicted molar refractivity (Wildman–Crippen MR) is 116 cm³/mol. The van der Waals surface area contributed by atoms with E-state index >= 15 is 0 Å². The summed E-state index contributed by atoms with van der Waals surface area (Å²) >= 11 is 0. The van der Waals surface area contributed by atoms with E-state index in [1.165, 1.54) is 0 Å². The molecule has 0 aromatic heterocycles. The minimum Gasteiger partial charge on any atom is -0.493 e. The maximum Gasteiger partial charge on any atom is 0.243 e. The third-order valence-corrected chi connectivity index (χ3v) is 4.25. The van der Waals surface area contributed by atoms with Crippen LogP contribution in [0.1, 0.15) is 18.1 Å². The number of anilines is 1. The van der Waals surface area contributed by atoms with Crippen molar-refractivity contribution in [2.45, 2.75) is 13.0 Å². The van der Waals surface area contributed by atoms with Crippen LogP contribution in [0.5, 0.6) is 23.0 Å². The van der Waals surface area contributed by atoms with Crippen LogP contribution >= 0.6 is 0 Å². The van der Waals surface area contributed by atoms with Crippen LogP contribution in [0.25, 0.3) is 12.2 Å². The van der Waals surface area contributed by atoms with Gasteiger partial charge in [-0.1, -0.05) is 18.2 Å². The van der Waals surface area contributed by atoms with Crippen LogP contribution in [0.15, 0.2) is 30.3 Å². The van der Waals surface area contributed by atoms with Crippen molar-refractivity contribution in [2.24, 2.45) is 5.73 Å². The van der Waals surface area contributed by atoms with Crippen LogP contribution in [0.3, 0.4) is 0 Å². The summed E-state index contributed by atoms with van der Waals surface area (Å²) in [5.41, 5.74) is 7.72. The summed E-state index contributed by atoms with van der Waals surface area (Å²) in [6.45, 7) is 1.84. The van der Waals surface area contributed by atoms with Crippen molar-refractivity contribution < 1.29 is 28.8 Å². The van der Waals surface area contributed by atoms with E-state index in [2.05, 4.69) is 5.32 Å². The maximum absolute atomic E-state index is 12.1. The largest absolute Gasteiger partial charge is 0.493 e. The van der Waals surface area contributed by atoms with Crippen molar-refractivity contribution in [3.05, 3.63) is 41.5 Å². The summed E-state index contributed by atoms with van der Waals surface area (Å²) in [6.07, 6.45) is 3.75. The molecular weight excluding hydrogens is 388 g/mol. The monoisotopic (exact) mass is 416 g/mol. The zero-order valence-electron chi connectivity index (χ0n) is 17.6. The lowest BCUT2D eigenvalue weighted by atomic mass is 10.1. The molecule has 0 saturated heterocycles. The molecule has 0 radical (unpaired) electrons. The number of aliphatic hydroxyl groups excluding tert-OH is 1. The van der Waals surface area contributed by atoms with Crippen molar-refractivity contribution >= 4 is 23.7 Å². The first kappa shape index (κ1) is 23.1. The normalized spacial score (nSPS) is 11.8. The number of benzene rings is 2. The highest BCUT2D eigenvalue weighted by Gasteiger charge is 2.15. The van der Waals surface area contributed by atoms with Crippen molar-refractivity contribution in [3.8, 4) is 23.0 Å². The Morgan fingerprint density at radius 1 is 1.03 bits per heavy atom. The Bertz CT molecular complexity index is 872. The van der Waals surface area contributed by atoms with E-state index in [0.29, 0.717) is 35.3 Å². The molecule has 0 spiro atoms. The number of hydrogen-bond acceptors (Lipinski definition) is 7. The lowest BCUT2D eigenvalue weighted by Crippen LogP contribution is -2.38. The average molecular weight is 416 g/mol. The molecule has 0 aliphatic heterocycles. The molecule has 8 nitrogen and oxygen atoms in total.